The van der Waals surface area contributed by atoms with Gasteiger partial charge in [0.05, 0.1) is 12.2 Å². The molecule has 2 amide bonds. The summed E-state index contributed by atoms with van der Waals surface area (Å²) in [5, 5.41) is 7.83. The maximum Gasteiger partial charge on any atom is 0.290 e. The fraction of sp³-hybridized carbons (Fsp3) is 0.0556. The average Bonchev–Trinajstić information content (AvgIpc) is 3.17. The molecule has 0 aliphatic carbocycles. The van der Waals surface area contributed by atoms with Crippen LogP contribution in [0.25, 0.3) is 11.3 Å². The van der Waals surface area contributed by atoms with E-state index in [2.05, 4.69) is 10.5 Å². The summed E-state index contributed by atoms with van der Waals surface area (Å²) in [5.74, 6) is -7.12. The van der Waals surface area contributed by atoms with Gasteiger partial charge >= 0.3 is 0 Å². The molecule has 0 unspecified atom stereocenters. The maximum atomic E-state index is 13.5. The molecule has 0 bridgehead atoms. The number of carbonyl (C=O) groups is 2. The quantitative estimate of drug-likeness (QED) is 0.515. The third-order valence-electron chi connectivity index (χ3n) is 3.57. The Hall–Kier alpha value is -3.69. The number of hydrogen-bond donors (Lipinski definition) is 2. The normalized spacial score (nSPS) is 10.6. The predicted molar refractivity (Wildman–Crippen MR) is 89.2 cm³/mol. The SMILES string of the molecule is O=C(CNC(=O)c1cc(-c2cccc(F)c2)no1)Nc1ccc(F)c(F)c1F. The molecule has 0 radical (unpaired) electrons. The second-order valence-corrected chi connectivity index (χ2v) is 5.54. The van der Waals surface area contributed by atoms with Crippen LogP contribution < -0.4 is 10.6 Å². The number of aromatic nitrogens is 1. The lowest BCUT2D eigenvalue weighted by molar-refractivity contribution is -0.115. The largest absolute Gasteiger partial charge is 0.350 e. The number of benzene rings is 2. The standard InChI is InChI=1S/C18H11F4N3O3/c19-10-3-1-2-9(6-10)13-7-14(28-25-13)18(27)23-8-15(26)24-12-5-4-11(20)16(21)17(12)22/h1-7H,8H2,(H,23,27)(H,24,26). The zero-order valence-electron chi connectivity index (χ0n) is 13.9. The number of hydrogen-bond acceptors (Lipinski definition) is 4. The smallest absolute Gasteiger partial charge is 0.290 e. The Balaban J connectivity index is 1.60. The molecule has 2 aromatic carbocycles. The first-order chi connectivity index (χ1) is 13.3. The molecule has 0 spiro atoms. The van der Waals surface area contributed by atoms with Gasteiger partial charge in [-0.05, 0) is 24.3 Å². The van der Waals surface area contributed by atoms with Gasteiger partial charge < -0.3 is 15.2 Å². The van der Waals surface area contributed by atoms with Crippen molar-refractivity contribution in [3.8, 4) is 11.3 Å². The summed E-state index contributed by atoms with van der Waals surface area (Å²) in [6.45, 7) is -0.604. The van der Waals surface area contributed by atoms with Gasteiger partial charge in [0.25, 0.3) is 5.91 Å². The number of amides is 2. The fourth-order valence-corrected chi connectivity index (χ4v) is 2.23. The molecule has 0 aliphatic heterocycles. The van der Waals surface area contributed by atoms with Gasteiger partial charge in [0.2, 0.25) is 11.7 Å². The lowest BCUT2D eigenvalue weighted by Crippen LogP contribution is -2.32. The van der Waals surface area contributed by atoms with Crippen molar-refractivity contribution in [1.82, 2.24) is 10.5 Å². The summed E-state index contributed by atoms with van der Waals surface area (Å²) < 4.78 is 57.6. The van der Waals surface area contributed by atoms with Crippen LogP contribution in [0.4, 0.5) is 23.2 Å². The first kappa shape index (κ1) is 19.1. The topological polar surface area (TPSA) is 84.2 Å². The van der Waals surface area contributed by atoms with Crippen molar-refractivity contribution in [3.05, 3.63) is 71.5 Å². The van der Waals surface area contributed by atoms with Crippen molar-refractivity contribution in [3.63, 3.8) is 0 Å². The van der Waals surface area contributed by atoms with Crippen molar-refractivity contribution < 1.29 is 31.7 Å². The van der Waals surface area contributed by atoms with Crippen LogP contribution in [0, 0.1) is 23.3 Å². The first-order valence-corrected chi connectivity index (χ1v) is 7.79. The minimum atomic E-state index is -1.73. The minimum Gasteiger partial charge on any atom is -0.350 e. The van der Waals surface area contributed by atoms with E-state index >= 15 is 0 Å². The van der Waals surface area contributed by atoms with Gasteiger partial charge in [-0.3, -0.25) is 9.59 Å². The van der Waals surface area contributed by atoms with E-state index in [1.165, 1.54) is 24.3 Å². The summed E-state index contributed by atoms with van der Waals surface area (Å²) in [7, 11) is 0. The fourth-order valence-electron chi connectivity index (χ4n) is 2.23. The zero-order valence-corrected chi connectivity index (χ0v) is 13.9. The van der Waals surface area contributed by atoms with Crippen molar-refractivity contribution in [2.75, 3.05) is 11.9 Å². The van der Waals surface area contributed by atoms with Crippen molar-refractivity contribution in [2.24, 2.45) is 0 Å². The summed E-state index contributed by atoms with van der Waals surface area (Å²) in [6.07, 6.45) is 0. The van der Waals surface area contributed by atoms with Crippen LogP contribution in [0.2, 0.25) is 0 Å². The van der Waals surface area contributed by atoms with Gasteiger partial charge in [0, 0.05) is 11.6 Å². The Morgan fingerprint density at radius 1 is 1.00 bits per heavy atom. The third-order valence-corrected chi connectivity index (χ3v) is 3.57. The molecule has 0 fully saturated rings. The molecule has 0 atom stereocenters. The lowest BCUT2D eigenvalue weighted by atomic mass is 10.1. The highest BCUT2D eigenvalue weighted by Gasteiger charge is 2.18. The Kier molecular flexibility index (Phi) is 5.39. The summed E-state index contributed by atoms with van der Waals surface area (Å²) in [6, 6.07) is 8.20. The molecule has 144 valence electrons. The van der Waals surface area contributed by atoms with Gasteiger partial charge in [-0.25, -0.2) is 17.6 Å². The second kappa shape index (κ2) is 7.91. The van der Waals surface area contributed by atoms with Gasteiger partial charge in [-0.1, -0.05) is 17.3 Å². The van der Waals surface area contributed by atoms with Crippen LogP contribution in [0.15, 0.2) is 47.0 Å². The van der Waals surface area contributed by atoms with E-state index < -0.39 is 47.3 Å². The molecule has 28 heavy (non-hydrogen) atoms. The van der Waals surface area contributed by atoms with E-state index in [0.29, 0.717) is 11.6 Å². The average molecular weight is 393 g/mol. The number of anilines is 1. The first-order valence-electron chi connectivity index (χ1n) is 7.79. The highest BCUT2D eigenvalue weighted by molar-refractivity contribution is 5.98. The monoisotopic (exact) mass is 393 g/mol. The third kappa shape index (κ3) is 4.17. The Morgan fingerprint density at radius 2 is 1.79 bits per heavy atom. The van der Waals surface area contributed by atoms with Crippen molar-refractivity contribution in [2.45, 2.75) is 0 Å². The van der Waals surface area contributed by atoms with Crippen LogP contribution in [0.5, 0.6) is 0 Å². The Morgan fingerprint density at radius 3 is 2.54 bits per heavy atom. The van der Waals surface area contributed by atoms with Crippen LogP contribution in [-0.2, 0) is 4.79 Å². The van der Waals surface area contributed by atoms with E-state index in [9.17, 15) is 27.2 Å². The molecule has 3 rings (SSSR count). The van der Waals surface area contributed by atoms with E-state index in [-0.39, 0.29) is 11.5 Å². The lowest BCUT2D eigenvalue weighted by Gasteiger charge is -2.07. The number of carbonyl (C=O) groups excluding carboxylic acids is 2. The molecule has 10 heteroatoms. The molecule has 0 saturated carbocycles. The molecule has 3 aromatic rings. The molecule has 1 aromatic heterocycles. The highest BCUT2D eigenvalue weighted by Crippen LogP contribution is 2.20. The minimum absolute atomic E-state index is 0.206. The maximum absolute atomic E-state index is 13.5. The van der Waals surface area contributed by atoms with Crippen molar-refractivity contribution >= 4 is 17.5 Å². The number of halogens is 4. The van der Waals surface area contributed by atoms with Crippen LogP contribution >= 0.6 is 0 Å². The molecular weight excluding hydrogens is 382 g/mol. The van der Waals surface area contributed by atoms with Gasteiger partial charge in [-0.2, -0.15) is 0 Å². The highest BCUT2D eigenvalue weighted by atomic mass is 19.2. The Bertz CT molecular complexity index is 1050. The summed E-state index contributed by atoms with van der Waals surface area (Å²) in [4.78, 5) is 23.8. The number of nitrogens with one attached hydrogen (secondary N) is 2. The summed E-state index contributed by atoms with van der Waals surface area (Å²) in [5.41, 5.74) is 0.0125. The molecular formula is C18H11F4N3O3. The van der Waals surface area contributed by atoms with E-state index in [1.54, 1.807) is 6.07 Å². The number of rotatable bonds is 5. The van der Waals surface area contributed by atoms with Gasteiger partial charge in [0.15, 0.2) is 17.5 Å². The molecule has 0 saturated heterocycles. The molecule has 2 N–H and O–H groups in total. The summed E-state index contributed by atoms with van der Waals surface area (Å²) >= 11 is 0. The van der Waals surface area contributed by atoms with E-state index in [1.807, 2.05) is 5.32 Å². The van der Waals surface area contributed by atoms with Crippen LogP contribution in [0.3, 0.4) is 0 Å². The molecule has 0 aliphatic rings. The predicted octanol–water partition coefficient (Wildman–Crippen LogP) is 3.27. The van der Waals surface area contributed by atoms with Crippen molar-refractivity contribution in [1.29, 1.82) is 0 Å². The molecule has 1 heterocycles. The van der Waals surface area contributed by atoms with E-state index in [4.69, 9.17) is 4.52 Å². The number of nitrogens with zero attached hydrogens (tertiary/aromatic N) is 1. The molecule has 6 nitrogen and oxygen atoms in total. The van der Waals surface area contributed by atoms with Gasteiger partial charge in [-0.15, -0.1) is 0 Å². The van der Waals surface area contributed by atoms with Crippen LogP contribution in [-0.4, -0.2) is 23.5 Å². The second-order valence-electron chi connectivity index (χ2n) is 5.54. The zero-order chi connectivity index (χ0) is 20.3. The van der Waals surface area contributed by atoms with Gasteiger partial charge in [0.1, 0.15) is 11.5 Å². The van der Waals surface area contributed by atoms with Crippen LogP contribution in [0.1, 0.15) is 10.6 Å². The van der Waals surface area contributed by atoms with E-state index in [0.717, 1.165) is 6.07 Å². The Labute approximate surface area is 155 Å².